The third-order valence-electron chi connectivity index (χ3n) is 4.38. The maximum atomic E-state index is 4.71. The number of aliphatic imine (C=N–C) groups is 1. The quantitative estimate of drug-likeness (QED) is 0.645. The smallest absolute Gasteiger partial charge is 0.191 e. The van der Waals surface area contributed by atoms with Crippen molar-refractivity contribution in [3.63, 3.8) is 0 Å². The van der Waals surface area contributed by atoms with Gasteiger partial charge in [0.25, 0.3) is 0 Å². The zero-order valence-electron chi connectivity index (χ0n) is 15.1. The predicted octanol–water partition coefficient (Wildman–Crippen LogP) is 2.17. The van der Waals surface area contributed by atoms with Crippen LogP contribution in [0.15, 0.2) is 23.2 Å². The highest BCUT2D eigenvalue weighted by Gasteiger charge is 2.31. The average molecular weight is 317 g/mol. The van der Waals surface area contributed by atoms with Crippen molar-refractivity contribution in [1.29, 1.82) is 0 Å². The van der Waals surface area contributed by atoms with Crippen LogP contribution in [0.25, 0.3) is 0 Å². The number of likely N-dealkylation sites (tertiary alicyclic amines) is 1. The third-order valence-corrected chi connectivity index (χ3v) is 4.38. The second-order valence-corrected chi connectivity index (χ2v) is 6.74. The van der Waals surface area contributed by atoms with Gasteiger partial charge in [-0.25, -0.2) is 4.99 Å². The number of rotatable bonds is 5. The summed E-state index contributed by atoms with van der Waals surface area (Å²) in [6, 6.07) is 7.12. The molecule has 1 aliphatic heterocycles. The Labute approximate surface area is 140 Å². The third kappa shape index (κ3) is 5.20. The van der Waals surface area contributed by atoms with Gasteiger partial charge < -0.3 is 10.6 Å². The standard InChI is InChI=1S/C18H31N5/c1-6-19-18(20-10-16-9-7-8-15(5)21-16)22-17-12-23(13(2)3)11-14(17)4/h7-9,13-14,17H,6,10-12H2,1-5H3,(H2,19,20,22). The van der Waals surface area contributed by atoms with Gasteiger partial charge in [0.1, 0.15) is 0 Å². The van der Waals surface area contributed by atoms with Gasteiger partial charge in [-0.05, 0) is 45.7 Å². The molecule has 2 rings (SSSR count). The molecule has 5 nitrogen and oxygen atoms in total. The zero-order chi connectivity index (χ0) is 16.8. The fourth-order valence-corrected chi connectivity index (χ4v) is 2.96. The lowest BCUT2D eigenvalue weighted by Gasteiger charge is -2.21. The molecule has 23 heavy (non-hydrogen) atoms. The van der Waals surface area contributed by atoms with E-state index in [1.807, 2.05) is 25.1 Å². The number of pyridine rings is 1. The molecule has 0 aromatic carbocycles. The summed E-state index contributed by atoms with van der Waals surface area (Å²) >= 11 is 0. The van der Waals surface area contributed by atoms with Crippen LogP contribution in [-0.4, -0.2) is 47.6 Å². The summed E-state index contributed by atoms with van der Waals surface area (Å²) in [5.41, 5.74) is 2.04. The molecule has 2 unspecified atom stereocenters. The molecule has 0 saturated carbocycles. The van der Waals surface area contributed by atoms with E-state index in [0.29, 0.717) is 24.5 Å². The first-order valence-corrected chi connectivity index (χ1v) is 8.71. The van der Waals surface area contributed by atoms with Crippen LogP contribution in [0.4, 0.5) is 0 Å². The molecule has 1 aromatic heterocycles. The Morgan fingerprint density at radius 2 is 2.17 bits per heavy atom. The molecule has 128 valence electrons. The van der Waals surface area contributed by atoms with Crippen LogP contribution in [0.2, 0.25) is 0 Å². The predicted molar refractivity (Wildman–Crippen MR) is 96.6 cm³/mol. The molecule has 2 N–H and O–H groups in total. The van der Waals surface area contributed by atoms with Crippen molar-refractivity contribution in [3.05, 3.63) is 29.6 Å². The number of guanidine groups is 1. The van der Waals surface area contributed by atoms with E-state index in [-0.39, 0.29) is 0 Å². The average Bonchev–Trinajstić information content (AvgIpc) is 2.86. The van der Waals surface area contributed by atoms with E-state index in [1.54, 1.807) is 0 Å². The van der Waals surface area contributed by atoms with Crippen molar-refractivity contribution in [2.75, 3.05) is 19.6 Å². The molecule has 5 heteroatoms. The van der Waals surface area contributed by atoms with Gasteiger partial charge in [-0.2, -0.15) is 0 Å². The minimum absolute atomic E-state index is 0.445. The fraction of sp³-hybridized carbons (Fsp3) is 0.667. The van der Waals surface area contributed by atoms with Gasteiger partial charge in [0, 0.05) is 37.4 Å². The topological polar surface area (TPSA) is 52.6 Å². The van der Waals surface area contributed by atoms with Crippen LogP contribution in [0.3, 0.4) is 0 Å². The number of nitrogens with zero attached hydrogens (tertiary/aromatic N) is 3. The van der Waals surface area contributed by atoms with Gasteiger partial charge in [0.15, 0.2) is 5.96 Å². The summed E-state index contributed by atoms with van der Waals surface area (Å²) in [4.78, 5) is 11.7. The first kappa shape index (κ1) is 17.7. The second-order valence-electron chi connectivity index (χ2n) is 6.74. The maximum absolute atomic E-state index is 4.71. The van der Waals surface area contributed by atoms with Crippen LogP contribution in [-0.2, 0) is 6.54 Å². The highest BCUT2D eigenvalue weighted by Crippen LogP contribution is 2.18. The molecular formula is C18H31N5. The molecule has 0 spiro atoms. The molecule has 0 aliphatic carbocycles. The first-order valence-electron chi connectivity index (χ1n) is 8.71. The number of nitrogens with one attached hydrogen (secondary N) is 2. The van der Waals surface area contributed by atoms with Gasteiger partial charge in [-0.15, -0.1) is 0 Å². The molecule has 0 amide bonds. The monoisotopic (exact) mass is 317 g/mol. The largest absolute Gasteiger partial charge is 0.357 e. The van der Waals surface area contributed by atoms with Crippen LogP contribution in [0, 0.1) is 12.8 Å². The SMILES string of the molecule is CCNC(=NCc1cccc(C)n1)NC1CN(C(C)C)CC1C. The van der Waals surface area contributed by atoms with Crippen molar-refractivity contribution in [1.82, 2.24) is 20.5 Å². The van der Waals surface area contributed by atoms with Crippen molar-refractivity contribution < 1.29 is 0 Å². The van der Waals surface area contributed by atoms with Crippen molar-refractivity contribution in [3.8, 4) is 0 Å². The normalized spacial score (nSPS) is 22.6. The summed E-state index contributed by atoms with van der Waals surface area (Å²) in [6.07, 6.45) is 0. The van der Waals surface area contributed by atoms with E-state index in [9.17, 15) is 0 Å². The molecule has 1 aromatic rings. The number of aromatic nitrogens is 1. The zero-order valence-corrected chi connectivity index (χ0v) is 15.1. The van der Waals surface area contributed by atoms with Crippen molar-refractivity contribution >= 4 is 5.96 Å². The molecule has 0 radical (unpaired) electrons. The lowest BCUT2D eigenvalue weighted by Crippen LogP contribution is -2.46. The van der Waals surface area contributed by atoms with Gasteiger partial charge in [-0.3, -0.25) is 9.88 Å². The number of hydrogen-bond donors (Lipinski definition) is 2. The molecule has 0 bridgehead atoms. The Bertz CT molecular complexity index is 526. The lowest BCUT2D eigenvalue weighted by atomic mass is 10.1. The summed E-state index contributed by atoms with van der Waals surface area (Å²) in [5, 5.41) is 6.96. The van der Waals surface area contributed by atoms with Crippen LogP contribution in [0.1, 0.15) is 39.1 Å². The van der Waals surface area contributed by atoms with Crippen molar-refractivity contribution in [2.45, 2.75) is 53.2 Å². The number of aryl methyl sites for hydroxylation is 1. The Kier molecular flexibility index (Phi) is 6.39. The molecule has 1 fully saturated rings. The number of hydrogen-bond acceptors (Lipinski definition) is 3. The molecule has 2 heterocycles. The summed E-state index contributed by atoms with van der Waals surface area (Å²) in [7, 11) is 0. The Morgan fingerprint density at radius 3 is 2.78 bits per heavy atom. The van der Waals surface area contributed by atoms with E-state index >= 15 is 0 Å². The van der Waals surface area contributed by atoms with E-state index in [4.69, 9.17) is 4.99 Å². The van der Waals surface area contributed by atoms with Gasteiger partial charge in [0.05, 0.1) is 12.2 Å². The lowest BCUT2D eigenvalue weighted by molar-refractivity contribution is 0.265. The van der Waals surface area contributed by atoms with Gasteiger partial charge in [-0.1, -0.05) is 13.0 Å². The maximum Gasteiger partial charge on any atom is 0.191 e. The molecule has 1 saturated heterocycles. The summed E-state index contributed by atoms with van der Waals surface area (Å²) in [5.74, 6) is 1.51. The Morgan fingerprint density at radius 1 is 1.39 bits per heavy atom. The van der Waals surface area contributed by atoms with Crippen LogP contribution in [0.5, 0.6) is 0 Å². The first-order chi connectivity index (χ1) is 11.0. The minimum atomic E-state index is 0.445. The van der Waals surface area contributed by atoms with Crippen molar-refractivity contribution in [2.24, 2.45) is 10.9 Å². The van der Waals surface area contributed by atoms with E-state index in [0.717, 1.165) is 37.0 Å². The van der Waals surface area contributed by atoms with Gasteiger partial charge >= 0.3 is 0 Å². The minimum Gasteiger partial charge on any atom is -0.357 e. The Hall–Kier alpha value is -1.62. The van der Waals surface area contributed by atoms with E-state index < -0.39 is 0 Å². The fourth-order valence-electron chi connectivity index (χ4n) is 2.96. The highest BCUT2D eigenvalue weighted by atomic mass is 15.3. The summed E-state index contributed by atoms with van der Waals surface area (Å²) < 4.78 is 0. The highest BCUT2D eigenvalue weighted by molar-refractivity contribution is 5.80. The second kappa shape index (κ2) is 8.29. The van der Waals surface area contributed by atoms with E-state index in [1.165, 1.54) is 0 Å². The molecule has 1 aliphatic rings. The summed E-state index contributed by atoms with van der Waals surface area (Å²) in [6.45, 7) is 14.6. The molecular weight excluding hydrogens is 286 g/mol. The molecule has 2 atom stereocenters. The van der Waals surface area contributed by atoms with E-state index in [2.05, 4.69) is 48.2 Å². The van der Waals surface area contributed by atoms with Crippen LogP contribution >= 0.6 is 0 Å². The van der Waals surface area contributed by atoms with Crippen LogP contribution < -0.4 is 10.6 Å². The Balaban J connectivity index is 1.99. The van der Waals surface area contributed by atoms with Gasteiger partial charge in [0.2, 0.25) is 0 Å².